The summed E-state index contributed by atoms with van der Waals surface area (Å²) in [7, 11) is 0. The van der Waals surface area contributed by atoms with E-state index in [1.807, 2.05) is 4.90 Å². The van der Waals surface area contributed by atoms with Crippen molar-refractivity contribution in [2.45, 2.75) is 50.2 Å². The van der Waals surface area contributed by atoms with Crippen LogP contribution in [0.4, 0.5) is 0 Å². The van der Waals surface area contributed by atoms with Gasteiger partial charge >= 0.3 is 0 Å². The van der Waals surface area contributed by atoms with Crippen LogP contribution in [0.15, 0.2) is 0 Å². The third-order valence-electron chi connectivity index (χ3n) is 5.67. The smallest absolute Gasteiger partial charge is 0.225 e. The van der Waals surface area contributed by atoms with Crippen LogP contribution in [0.3, 0.4) is 0 Å². The molecule has 0 radical (unpaired) electrons. The Labute approximate surface area is 136 Å². The Morgan fingerprint density at radius 2 is 2.17 bits per heavy atom. The van der Waals surface area contributed by atoms with E-state index in [0.717, 1.165) is 32.4 Å². The van der Waals surface area contributed by atoms with Crippen molar-refractivity contribution in [1.82, 2.24) is 10.2 Å². The highest BCUT2D eigenvalue weighted by atomic mass is 16.6. The van der Waals surface area contributed by atoms with Crippen LogP contribution >= 0.6 is 0 Å². The molecule has 4 fully saturated rings. The summed E-state index contributed by atoms with van der Waals surface area (Å²) in [6.07, 6.45) is 5.41. The van der Waals surface area contributed by atoms with Gasteiger partial charge in [0.1, 0.15) is 0 Å². The first kappa shape index (κ1) is 15.4. The van der Waals surface area contributed by atoms with Crippen LogP contribution in [0.5, 0.6) is 0 Å². The van der Waals surface area contributed by atoms with Gasteiger partial charge < -0.3 is 19.7 Å². The third-order valence-corrected chi connectivity index (χ3v) is 5.67. The predicted molar refractivity (Wildman–Crippen MR) is 82.7 cm³/mol. The number of carbonyl (C=O) groups excluding carboxylic acids is 2. The van der Waals surface area contributed by atoms with E-state index in [2.05, 4.69) is 5.32 Å². The fourth-order valence-corrected chi connectivity index (χ4v) is 4.07. The van der Waals surface area contributed by atoms with Crippen molar-refractivity contribution in [3.63, 3.8) is 0 Å². The van der Waals surface area contributed by atoms with E-state index in [1.165, 1.54) is 12.8 Å². The highest BCUT2D eigenvalue weighted by Crippen LogP contribution is 2.34. The SMILES string of the molecule is O=C(N[C@@H]1CCO[C@]2(CCOC2)C1)[C@@H]1CC(=O)N(CC2CC2)C1. The number of carbonyl (C=O) groups is 2. The van der Waals surface area contributed by atoms with Gasteiger partial charge in [0.2, 0.25) is 11.8 Å². The highest BCUT2D eigenvalue weighted by Gasteiger charge is 2.43. The molecule has 3 saturated heterocycles. The molecule has 128 valence electrons. The normalized spacial score (nSPS) is 37.6. The van der Waals surface area contributed by atoms with E-state index < -0.39 is 0 Å². The van der Waals surface area contributed by atoms with Crippen molar-refractivity contribution in [3.05, 3.63) is 0 Å². The van der Waals surface area contributed by atoms with Gasteiger partial charge in [0.25, 0.3) is 0 Å². The van der Waals surface area contributed by atoms with Crippen molar-refractivity contribution in [2.24, 2.45) is 11.8 Å². The van der Waals surface area contributed by atoms with Gasteiger partial charge in [0.15, 0.2) is 0 Å². The molecule has 3 heterocycles. The van der Waals surface area contributed by atoms with Crippen LogP contribution in [0, 0.1) is 11.8 Å². The number of nitrogens with one attached hydrogen (secondary N) is 1. The van der Waals surface area contributed by atoms with Gasteiger partial charge in [0.05, 0.1) is 18.1 Å². The molecule has 4 aliphatic rings. The lowest BCUT2D eigenvalue weighted by Crippen LogP contribution is -2.50. The van der Waals surface area contributed by atoms with Crippen LogP contribution < -0.4 is 5.32 Å². The van der Waals surface area contributed by atoms with Gasteiger partial charge in [-0.2, -0.15) is 0 Å². The maximum Gasteiger partial charge on any atom is 0.225 e. The van der Waals surface area contributed by atoms with Gasteiger partial charge in [-0.25, -0.2) is 0 Å². The summed E-state index contributed by atoms with van der Waals surface area (Å²) >= 11 is 0. The lowest BCUT2D eigenvalue weighted by Gasteiger charge is -2.37. The minimum Gasteiger partial charge on any atom is -0.378 e. The lowest BCUT2D eigenvalue weighted by atomic mass is 9.89. The first-order chi connectivity index (χ1) is 11.1. The van der Waals surface area contributed by atoms with E-state index in [-0.39, 0.29) is 29.4 Å². The predicted octanol–water partition coefficient (Wildman–Crippen LogP) is 0.699. The second-order valence-electron chi connectivity index (χ2n) is 7.68. The summed E-state index contributed by atoms with van der Waals surface area (Å²) in [5, 5.41) is 3.17. The first-order valence-corrected chi connectivity index (χ1v) is 8.93. The summed E-state index contributed by atoms with van der Waals surface area (Å²) in [4.78, 5) is 26.5. The zero-order chi connectivity index (χ0) is 15.9. The largest absolute Gasteiger partial charge is 0.378 e. The monoisotopic (exact) mass is 322 g/mol. The van der Waals surface area contributed by atoms with Crippen LogP contribution in [0.1, 0.15) is 38.5 Å². The number of amides is 2. The molecule has 1 N–H and O–H groups in total. The summed E-state index contributed by atoms with van der Waals surface area (Å²) in [5.74, 6) is 0.681. The molecular weight excluding hydrogens is 296 g/mol. The van der Waals surface area contributed by atoms with Gasteiger partial charge in [-0.15, -0.1) is 0 Å². The number of nitrogens with zero attached hydrogens (tertiary/aromatic N) is 1. The Morgan fingerprint density at radius 1 is 1.30 bits per heavy atom. The third kappa shape index (κ3) is 3.38. The number of ether oxygens (including phenoxy) is 2. The molecule has 0 aromatic heterocycles. The Bertz CT molecular complexity index is 485. The standard InChI is InChI=1S/C17H26N2O4/c20-15-7-13(10-19(15)9-12-1-2-12)16(21)18-14-3-5-23-17(8-14)4-6-22-11-17/h12-14H,1-11H2,(H,18,21)/t13-,14-,17-/m1/s1. The van der Waals surface area contributed by atoms with E-state index in [4.69, 9.17) is 9.47 Å². The van der Waals surface area contributed by atoms with Crippen molar-refractivity contribution in [3.8, 4) is 0 Å². The summed E-state index contributed by atoms with van der Waals surface area (Å²) < 4.78 is 11.4. The molecule has 0 aromatic rings. The molecule has 1 spiro atoms. The molecule has 2 amide bonds. The molecule has 0 unspecified atom stereocenters. The number of rotatable bonds is 4. The summed E-state index contributed by atoms with van der Waals surface area (Å²) in [5.41, 5.74) is -0.195. The molecular formula is C17H26N2O4. The Morgan fingerprint density at radius 3 is 2.91 bits per heavy atom. The van der Waals surface area contributed by atoms with Gasteiger partial charge in [-0.1, -0.05) is 0 Å². The molecule has 23 heavy (non-hydrogen) atoms. The second kappa shape index (κ2) is 6.06. The van der Waals surface area contributed by atoms with E-state index >= 15 is 0 Å². The maximum absolute atomic E-state index is 12.5. The molecule has 6 nitrogen and oxygen atoms in total. The van der Waals surface area contributed by atoms with Crippen molar-refractivity contribution in [1.29, 1.82) is 0 Å². The Balaban J connectivity index is 1.30. The minimum absolute atomic E-state index is 0.0395. The van der Waals surface area contributed by atoms with Crippen LogP contribution in [-0.2, 0) is 19.1 Å². The topological polar surface area (TPSA) is 67.9 Å². The quantitative estimate of drug-likeness (QED) is 0.827. The van der Waals surface area contributed by atoms with Crippen LogP contribution in [0.25, 0.3) is 0 Å². The molecule has 1 saturated carbocycles. The van der Waals surface area contributed by atoms with E-state index in [9.17, 15) is 9.59 Å². The summed E-state index contributed by atoms with van der Waals surface area (Å²) in [6.45, 7) is 3.50. The molecule has 0 aromatic carbocycles. The number of hydrogen-bond acceptors (Lipinski definition) is 4. The van der Waals surface area contributed by atoms with E-state index in [0.29, 0.717) is 32.1 Å². The van der Waals surface area contributed by atoms with Gasteiger partial charge in [-0.05, 0) is 31.6 Å². The van der Waals surface area contributed by atoms with Crippen LogP contribution in [0.2, 0.25) is 0 Å². The molecule has 1 aliphatic carbocycles. The average molecular weight is 322 g/mol. The molecule has 3 aliphatic heterocycles. The van der Waals surface area contributed by atoms with E-state index in [1.54, 1.807) is 0 Å². The molecule has 0 bridgehead atoms. The van der Waals surface area contributed by atoms with Crippen molar-refractivity contribution in [2.75, 3.05) is 32.9 Å². The average Bonchev–Trinajstić information content (AvgIpc) is 3.12. The fraction of sp³-hybridized carbons (Fsp3) is 0.882. The second-order valence-corrected chi connectivity index (χ2v) is 7.68. The zero-order valence-electron chi connectivity index (χ0n) is 13.6. The lowest BCUT2D eigenvalue weighted by molar-refractivity contribution is -0.130. The minimum atomic E-state index is -0.195. The fourth-order valence-electron chi connectivity index (χ4n) is 4.07. The van der Waals surface area contributed by atoms with Crippen molar-refractivity contribution < 1.29 is 19.1 Å². The molecule has 4 rings (SSSR count). The van der Waals surface area contributed by atoms with Crippen LogP contribution in [-0.4, -0.2) is 61.3 Å². The molecule has 3 atom stereocenters. The Hall–Kier alpha value is -1.14. The Kier molecular flexibility index (Phi) is 4.05. The molecule has 6 heteroatoms. The zero-order valence-corrected chi connectivity index (χ0v) is 13.6. The first-order valence-electron chi connectivity index (χ1n) is 8.93. The number of hydrogen-bond donors (Lipinski definition) is 1. The van der Waals surface area contributed by atoms with Crippen molar-refractivity contribution >= 4 is 11.8 Å². The summed E-state index contributed by atoms with van der Waals surface area (Å²) in [6, 6.07) is 0.144. The number of likely N-dealkylation sites (tertiary alicyclic amines) is 1. The maximum atomic E-state index is 12.5. The highest BCUT2D eigenvalue weighted by molar-refractivity contribution is 5.89. The van der Waals surface area contributed by atoms with Gasteiger partial charge in [0, 0.05) is 45.2 Å². The van der Waals surface area contributed by atoms with Gasteiger partial charge in [-0.3, -0.25) is 9.59 Å².